The van der Waals surface area contributed by atoms with E-state index in [0.29, 0.717) is 0 Å². The summed E-state index contributed by atoms with van der Waals surface area (Å²) >= 11 is 0. The molecule has 0 aromatic heterocycles. The number of nitrogens with two attached hydrogens (primary N) is 2. The molecule has 0 spiro atoms. The predicted octanol–water partition coefficient (Wildman–Crippen LogP) is -2.89. The first-order valence-corrected chi connectivity index (χ1v) is 10.3. The van der Waals surface area contributed by atoms with Crippen LogP contribution in [-0.4, -0.2) is 81.0 Å². The molecule has 0 bridgehead atoms. The van der Waals surface area contributed by atoms with Gasteiger partial charge in [0.25, 0.3) is 0 Å². The molecule has 4 unspecified atom stereocenters. The zero-order valence-electron chi connectivity index (χ0n) is 18.8. The Morgan fingerprint density at radius 3 is 1.62 bits per heavy atom. The second-order valence-corrected chi connectivity index (χ2v) is 7.83. The largest absolute Gasteiger partial charge is 0.481 e. The van der Waals surface area contributed by atoms with Gasteiger partial charge in [-0.15, -0.1) is 0 Å². The maximum atomic E-state index is 12.8. The number of amides is 4. The molecule has 0 aromatic rings. The summed E-state index contributed by atoms with van der Waals surface area (Å²) in [5.41, 5.74) is 10.5. The number of carbonyl (C=O) groups excluding carboxylic acids is 4. The molecule has 4 amide bonds. The van der Waals surface area contributed by atoms with Crippen molar-refractivity contribution in [2.24, 2.45) is 17.4 Å². The summed E-state index contributed by atoms with van der Waals surface area (Å²) in [5, 5.41) is 33.6. The second-order valence-electron chi connectivity index (χ2n) is 7.83. The van der Waals surface area contributed by atoms with Crippen LogP contribution in [0.3, 0.4) is 0 Å². The standard InChI is InChI=1S/C19H31N5O10/c1-8(2)15(19(33)34)24-18(32)10(3-5-12(21)25)23-17(31)11(4-6-13(26)27)22-16(30)9(20)7-14(28)29/h8-11,15H,3-7,20H2,1-2H3,(H2,21,25)(H,22,30)(H,23,31)(H,24,32)(H,26,27)(H,28,29)(H,33,34). The highest BCUT2D eigenvalue weighted by Gasteiger charge is 2.31. The Kier molecular flexibility index (Phi) is 12.8. The number of rotatable bonds is 16. The van der Waals surface area contributed by atoms with Crippen LogP contribution in [0.25, 0.3) is 0 Å². The molecule has 0 saturated heterocycles. The van der Waals surface area contributed by atoms with Crippen LogP contribution < -0.4 is 27.4 Å². The number of carboxylic acid groups (broad SMARTS) is 3. The van der Waals surface area contributed by atoms with Gasteiger partial charge >= 0.3 is 17.9 Å². The van der Waals surface area contributed by atoms with Crippen LogP contribution in [-0.2, 0) is 33.6 Å². The lowest BCUT2D eigenvalue weighted by atomic mass is 10.0. The molecule has 4 atom stereocenters. The van der Waals surface area contributed by atoms with Crippen LogP contribution >= 0.6 is 0 Å². The van der Waals surface area contributed by atoms with Crippen LogP contribution in [0.5, 0.6) is 0 Å². The van der Waals surface area contributed by atoms with Gasteiger partial charge in [0.2, 0.25) is 23.6 Å². The Labute approximate surface area is 194 Å². The normalized spacial score (nSPS) is 14.2. The highest BCUT2D eigenvalue weighted by molar-refractivity contribution is 5.95. The minimum Gasteiger partial charge on any atom is -0.481 e. The number of primary amides is 1. The molecule has 10 N–H and O–H groups in total. The van der Waals surface area contributed by atoms with Gasteiger partial charge in [-0.2, -0.15) is 0 Å². The Balaban J connectivity index is 5.64. The lowest BCUT2D eigenvalue weighted by molar-refractivity contribution is -0.143. The van der Waals surface area contributed by atoms with Crippen LogP contribution in [0.1, 0.15) is 46.0 Å². The summed E-state index contributed by atoms with van der Waals surface area (Å²) < 4.78 is 0. The van der Waals surface area contributed by atoms with E-state index in [1.807, 2.05) is 0 Å². The average molecular weight is 489 g/mol. The van der Waals surface area contributed by atoms with Crippen LogP contribution in [0.15, 0.2) is 0 Å². The van der Waals surface area contributed by atoms with Gasteiger partial charge < -0.3 is 42.7 Å². The van der Waals surface area contributed by atoms with Gasteiger partial charge in [-0.05, 0) is 18.8 Å². The summed E-state index contributed by atoms with van der Waals surface area (Å²) in [7, 11) is 0. The Hall–Kier alpha value is -3.75. The van der Waals surface area contributed by atoms with E-state index < -0.39 is 90.9 Å². The van der Waals surface area contributed by atoms with Crippen LogP contribution in [0, 0.1) is 5.92 Å². The fourth-order valence-electron chi connectivity index (χ4n) is 2.69. The van der Waals surface area contributed by atoms with Gasteiger partial charge in [0, 0.05) is 12.8 Å². The SMILES string of the molecule is CC(C)C(NC(=O)C(CCC(N)=O)NC(=O)C(CCC(=O)O)NC(=O)C(N)CC(=O)O)C(=O)O. The lowest BCUT2D eigenvalue weighted by Gasteiger charge is -2.25. The average Bonchev–Trinajstić information content (AvgIpc) is 2.70. The molecular weight excluding hydrogens is 458 g/mol. The van der Waals surface area contributed by atoms with E-state index >= 15 is 0 Å². The van der Waals surface area contributed by atoms with Crippen molar-refractivity contribution in [2.75, 3.05) is 0 Å². The summed E-state index contributed by atoms with van der Waals surface area (Å²) in [6, 6.07) is -5.81. The first-order valence-electron chi connectivity index (χ1n) is 10.3. The summed E-state index contributed by atoms with van der Waals surface area (Å²) in [5.74, 6) is -8.35. The Bertz CT molecular complexity index is 800. The van der Waals surface area contributed by atoms with Gasteiger partial charge in [-0.3, -0.25) is 28.8 Å². The van der Waals surface area contributed by atoms with Crippen LogP contribution in [0.4, 0.5) is 0 Å². The smallest absolute Gasteiger partial charge is 0.326 e. The van der Waals surface area contributed by atoms with Crippen molar-refractivity contribution in [3.05, 3.63) is 0 Å². The van der Waals surface area contributed by atoms with Crippen molar-refractivity contribution < 1.29 is 48.9 Å². The van der Waals surface area contributed by atoms with Crippen molar-refractivity contribution in [1.82, 2.24) is 16.0 Å². The molecule has 15 heteroatoms. The van der Waals surface area contributed by atoms with E-state index in [-0.39, 0.29) is 12.8 Å². The molecule has 0 aliphatic carbocycles. The molecule has 0 saturated carbocycles. The fraction of sp³-hybridized carbons (Fsp3) is 0.632. The highest BCUT2D eigenvalue weighted by Crippen LogP contribution is 2.07. The number of nitrogens with one attached hydrogen (secondary N) is 3. The van der Waals surface area contributed by atoms with E-state index in [1.54, 1.807) is 0 Å². The van der Waals surface area contributed by atoms with E-state index in [0.717, 1.165) is 0 Å². The maximum absolute atomic E-state index is 12.8. The zero-order chi connectivity index (χ0) is 26.6. The van der Waals surface area contributed by atoms with Crippen LogP contribution in [0.2, 0.25) is 0 Å². The third-order valence-corrected chi connectivity index (χ3v) is 4.55. The van der Waals surface area contributed by atoms with Crippen molar-refractivity contribution >= 4 is 41.5 Å². The second kappa shape index (κ2) is 14.4. The third kappa shape index (κ3) is 11.8. The maximum Gasteiger partial charge on any atom is 0.326 e. The fourth-order valence-corrected chi connectivity index (χ4v) is 2.69. The molecule has 0 radical (unpaired) electrons. The van der Waals surface area contributed by atoms with E-state index in [9.17, 15) is 38.7 Å². The molecule has 0 aromatic carbocycles. The number of carboxylic acids is 3. The first kappa shape index (κ1) is 30.2. The monoisotopic (exact) mass is 489 g/mol. The molecule has 192 valence electrons. The Morgan fingerprint density at radius 1 is 0.735 bits per heavy atom. The van der Waals surface area contributed by atoms with Crippen molar-refractivity contribution in [3.63, 3.8) is 0 Å². The molecule has 34 heavy (non-hydrogen) atoms. The predicted molar refractivity (Wildman–Crippen MR) is 114 cm³/mol. The summed E-state index contributed by atoms with van der Waals surface area (Å²) in [6.07, 6.45) is -2.42. The highest BCUT2D eigenvalue weighted by atomic mass is 16.4. The topological polar surface area (TPSA) is 268 Å². The number of aliphatic carboxylic acids is 3. The minimum absolute atomic E-state index is 0.310. The van der Waals surface area contributed by atoms with Gasteiger partial charge in [-0.25, -0.2) is 4.79 Å². The van der Waals surface area contributed by atoms with Gasteiger partial charge in [-0.1, -0.05) is 13.8 Å². The van der Waals surface area contributed by atoms with Gasteiger partial charge in [0.15, 0.2) is 0 Å². The lowest BCUT2D eigenvalue weighted by Crippen LogP contribution is -2.57. The van der Waals surface area contributed by atoms with Gasteiger partial charge in [0.05, 0.1) is 12.5 Å². The number of hydrogen-bond acceptors (Lipinski definition) is 8. The third-order valence-electron chi connectivity index (χ3n) is 4.55. The molecule has 0 aliphatic heterocycles. The molecular formula is C19H31N5O10. The molecule has 0 aliphatic rings. The Morgan fingerprint density at radius 2 is 1.21 bits per heavy atom. The van der Waals surface area contributed by atoms with E-state index in [2.05, 4.69) is 16.0 Å². The van der Waals surface area contributed by atoms with Gasteiger partial charge in [0.1, 0.15) is 18.1 Å². The van der Waals surface area contributed by atoms with Crippen molar-refractivity contribution in [2.45, 2.75) is 70.1 Å². The van der Waals surface area contributed by atoms with E-state index in [1.165, 1.54) is 13.8 Å². The molecule has 0 heterocycles. The molecule has 0 rings (SSSR count). The summed E-state index contributed by atoms with van der Waals surface area (Å²) in [4.78, 5) is 81.8. The quantitative estimate of drug-likeness (QED) is 0.109. The first-order chi connectivity index (χ1) is 15.6. The van der Waals surface area contributed by atoms with E-state index in [4.69, 9.17) is 21.7 Å². The zero-order valence-corrected chi connectivity index (χ0v) is 18.8. The summed E-state index contributed by atoms with van der Waals surface area (Å²) in [6.45, 7) is 3.07. The molecule has 15 nitrogen and oxygen atoms in total. The number of hydrogen-bond donors (Lipinski definition) is 8. The van der Waals surface area contributed by atoms with Crippen molar-refractivity contribution in [3.8, 4) is 0 Å². The number of carbonyl (C=O) groups is 7. The minimum atomic E-state index is -1.53. The molecule has 0 fully saturated rings. The van der Waals surface area contributed by atoms with Crippen molar-refractivity contribution in [1.29, 1.82) is 0 Å².